The first-order chi connectivity index (χ1) is 6.59. The quantitative estimate of drug-likeness (QED) is 0.691. The molecule has 1 heterocycles. The van der Waals surface area contributed by atoms with Crippen LogP contribution in [0.15, 0.2) is 18.3 Å². The second-order valence-corrected chi connectivity index (χ2v) is 3.52. The molecule has 76 valence electrons. The van der Waals surface area contributed by atoms with Crippen LogP contribution in [-0.4, -0.2) is 11.0 Å². The molecule has 3 heteroatoms. The third kappa shape index (κ3) is 3.17. The number of rotatable bonds is 3. The predicted molar refractivity (Wildman–Crippen MR) is 53.8 cm³/mol. The largest absolute Gasteiger partial charge is 0.459 e. The highest BCUT2D eigenvalue weighted by Gasteiger charge is 2.01. The number of nitrogens with zero attached hydrogens (tertiary/aromatic N) is 1. The van der Waals surface area contributed by atoms with E-state index in [-0.39, 0.29) is 12.6 Å². The van der Waals surface area contributed by atoms with E-state index in [0.717, 1.165) is 5.69 Å². The molecule has 0 aliphatic carbocycles. The van der Waals surface area contributed by atoms with E-state index in [0.29, 0.717) is 5.92 Å². The van der Waals surface area contributed by atoms with Crippen molar-refractivity contribution in [2.75, 3.05) is 0 Å². The highest BCUT2D eigenvalue weighted by Crippen LogP contribution is 2.12. The number of carbonyl (C=O) groups is 1. The molecule has 0 unspecified atom stereocenters. The summed E-state index contributed by atoms with van der Waals surface area (Å²) in [6, 6.07) is 3.90. The van der Waals surface area contributed by atoms with Gasteiger partial charge in [-0.1, -0.05) is 19.9 Å². The van der Waals surface area contributed by atoms with Crippen LogP contribution in [0, 0.1) is 0 Å². The lowest BCUT2D eigenvalue weighted by molar-refractivity contribution is -0.142. The van der Waals surface area contributed by atoms with Crippen molar-refractivity contribution in [3.8, 4) is 0 Å². The Hall–Kier alpha value is -1.38. The number of esters is 1. The van der Waals surface area contributed by atoms with Crippen LogP contribution in [0.3, 0.4) is 0 Å². The van der Waals surface area contributed by atoms with E-state index < -0.39 is 0 Å². The average molecular weight is 193 g/mol. The first-order valence-electron chi connectivity index (χ1n) is 4.68. The Morgan fingerprint density at radius 2 is 2.21 bits per heavy atom. The fourth-order valence-corrected chi connectivity index (χ4v) is 1.04. The topological polar surface area (TPSA) is 39.2 Å². The molecule has 14 heavy (non-hydrogen) atoms. The van der Waals surface area contributed by atoms with Gasteiger partial charge in [0, 0.05) is 13.1 Å². The number of pyridine rings is 1. The van der Waals surface area contributed by atoms with E-state index in [2.05, 4.69) is 18.8 Å². The first-order valence-corrected chi connectivity index (χ1v) is 4.68. The van der Waals surface area contributed by atoms with Gasteiger partial charge >= 0.3 is 5.97 Å². The number of hydrogen-bond donors (Lipinski definition) is 0. The number of ether oxygens (including phenoxy) is 1. The monoisotopic (exact) mass is 193 g/mol. The summed E-state index contributed by atoms with van der Waals surface area (Å²) in [5.74, 6) is 0.199. The molecule has 0 fully saturated rings. The molecular weight excluding hydrogens is 178 g/mol. The fourth-order valence-electron chi connectivity index (χ4n) is 1.04. The van der Waals surface area contributed by atoms with Crippen LogP contribution in [0.4, 0.5) is 0 Å². The molecule has 0 saturated carbocycles. The van der Waals surface area contributed by atoms with Crippen LogP contribution in [-0.2, 0) is 16.1 Å². The Balaban J connectivity index is 2.59. The van der Waals surface area contributed by atoms with E-state index in [9.17, 15) is 4.79 Å². The lowest BCUT2D eigenvalue weighted by Gasteiger charge is -2.05. The van der Waals surface area contributed by atoms with Crippen molar-refractivity contribution in [3.05, 3.63) is 29.6 Å². The normalized spacial score (nSPS) is 10.3. The van der Waals surface area contributed by atoms with Crippen molar-refractivity contribution in [3.63, 3.8) is 0 Å². The highest BCUT2D eigenvalue weighted by molar-refractivity contribution is 5.65. The second kappa shape index (κ2) is 4.74. The summed E-state index contributed by atoms with van der Waals surface area (Å²) >= 11 is 0. The van der Waals surface area contributed by atoms with Crippen molar-refractivity contribution < 1.29 is 9.53 Å². The summed E-state index contributed by atoms with van der Waals surface area (Å²) in [4.78, 5) is 14.7. The van der Waals surface area contributed by atoms with Crippen LogP contribution in [0.1, 0.15) is 37.9 Å². The molecule has 0 atom stereocenters. The van der Waals surface area contributed by atoms with Gasteiger partial charge in [-0.15, -0.1) is 0 Å². The number of hydrogen-bond acceptors (Lipinski definition) is 3. The van der Waals surface area contributed by atoms with Crippen LogP contribution in [0.5, 0.6) is 0 Å². The Morgan fingerprint density at radius 3 is 2.64 bits per heavy atom. The molecule has 1 aromatic heterocycles. The van der Waals surface area contributed by atoms with Gasteiger partial charge in [0.2, 0.25) is 0 Å². The molecule has 0 aliphatic heterocycles. The van der Waals surface area contributed by atoms with E-state index >= 15 is 0 Å². The summed E-state index contributed by atoms with van der Waals surface area (Å²) in [6.45, 7) is 5.88. The highest BCUT2D eigenvalue weighted by atomic mass is 16.5. The Bertz CT molecular complexity index is 304. The first kappa shape index (κ1) is 10.7. The number of carbonyl (C=O) groups excluding carboxylic acids is 1. The third-order valence-corrected chi connectivity index (χ3v) is 1.94. The summed E-state index contributed by atoms with van der Waals surface area (Å²) in [5.41, 5.74) is 1.97. The zero-order chi connectivity index (χ0) is 10.6. The van der Waals surface area contributed by atoms with E-state index in [1.54, 1.807) is 0 Å². The SMILES string of the molecule is CC(=O)OCc1ccc(C(C)C)cn1. The summed E-state index contributed by atoms with van der Waals surface area (Å²) in [5, 5.41) is 0. The molecular formula is C11H15NO2. The minimum absolute atomic E-state index is 0.258. The van der Waals surface area contributed by atoms with E-state index in [4.69, 9.17) is 4.74 Å². The zero-order valence-electron chi connectivity index (χ0n) is 8.78. The summed E-state index contributed by atoms with van der Waals surface area (Å²) in [6.07, 6.45) is 1.82. The number of aromatic nitrogens is 1. The molecule has 1 rings (SSSR count). The molecule has 1 aromatic rings. The Labute approximate surface area is 84.1 Å². The fraction of sp³-hybridized carbons (Fsp3) is 0.455. The minimum Gasteiger partial charge on any atom is -0.459 e. The Kier molecular flexibility index (Phi) is 3.63. The molecule has 0 spiro atoms. The van der Waals surface area contributed by atoms with E-state index in [1.807, 2.05) is 18.3 Å². The maximum absolute atomic E-state index is 10.5. The van der Waals surface area contributed by atoms with Gasteiger partial charge in [-0.05, 0) is 17.5 Å². The van der Waals surface area contributed by atoms with Crippen molar-refractivity contribution in [2.45, 2.75) is 33.3 Å². The maximum atomic E-state index is 10.5. The molecule has 0 bridgehead atoms. The van der Waals surface area contributed by atoms with Gasteiger partial charge in [0.25, 0.3) is 0 Å². The van der Waals surface area contributed by atoms with Crippen molar-refractivity contribution in [2.24, 2.45) is 0 Å². The lowest BCUT2D eigenvalue weighted by atomic mass is 10.1. The van der Waals surface area contributed by atoms with Crippen molar-refractivity contribution in [1.82, 2.24) is 4.98 Å². The van der Waals surface area contributed by atoms with Crippen molar-refractivity contribution in [1.29, 1.82) is 0 Å². The van der Waals surface area contributed by atoms with Crippen LogP contribution in [0.25, 0.3) is 0 Å². The predicted octanol–water partition coefficient (Wildman–Crippen LogP) is 2.27. The minimum atomic E-state index is -0.278. The molecule has 0 radical (unpaired) electrons. The Morgan fingerprint density at radius 1 is 1.50 bits per heavy atom. The molecule has 0 aromatic carbocycles. The van der Waals surface area contributed by atoms with Gasteiger partial charge in [-0.2, -0.15) is 0 Å². The van der Waals surface area contributed by atoms with Gasteiger partial charge < -0.3 is 4.74 Å². The maximum Gasteiger partial charge on any atom is 0.303 e. The van der Waals surface area contributed by atoms with Gasteiger partial charge in [0.15, 0.2) is 0 Å². The smallest absolute Gasteiger partial charge is 0.303 e. The van der Waals surface area contributed by atoms with Gasteiger partial charge in [0.05, 0.1) is 5.69 Å². The van der Waals surface area contributed by atoms with Crippen LogP contribution >= 0.6 is 0 Å². The average Bonchev–Trinajstić information content (AvgIpc) is 2.15. The molecule has 0 N–H and O–H groups in total. The molecule has 0 aliphatic rings. The molecule has 3 nitrogen and oxygen atoms in total. The van der Waals surface area contributed by atoms with Crippen LogP contribution in [0.2, 0.25) is 0 Å². The second-order valence-electron chi connectivity index (χ2n) is 3.52. The molecule has 0 amide bonds. The lowest BCUT2D eigenvalue weighted by Crippen LogP contribution is -2.01. The van der Waals surface area contributed by atoms with Crippen molar-refractivity contribution >= 4 is 5.97 Å². The van der Waals surface area contributed by atoms with Gasteiger partial charge in [0.1, 0.15) is 6.61 Å². The molecule has 0 saturated heterocycles. The van der Waals surface area contributed by atoms with Crippen LogP contribution < -0.4 is 0 Å². The third-order valence-electron chi connectivity index (χ3n) is 1.94. The van der Waals surface area contributed by atoms with Gasteiger partial charge in [-0.3, -0.25) is 9.78 Å². The standard InChI is InChI=1S/C11H15NO2/c1-8(2)10-4-5-11(12-6-10)7-14-9(3)13/h4-6,8H,7H2,1-3H3. The summed E-state index contributed by atoms with van der Waals surface area (Å²) in [7, 11) is 0. The zero-order valence-corrected chi connectivity index (χ0v) is 8.78. The van der Waals surface area contributed by atoms with Gasteiger partial charge in [-0.25, -0.2) is 0 Å². The van der Waals surface area contributed by atoms with E-state index in [1.165, 1.54) is 12.5 Å². The summed E-state index contributed by atoms with van der Waals surface area (Å²) < 4.78 is 4.83.